The predicted octanol–water partition coefficient (Wildman–Crippen LogP) is 4.08. The van der Waals surface area contributed by atoms with Crippen LogP contribution in [0.15, 0.2) is 71.6 Å². The van der Waals surface area contributed by atoms with Crippen LogP contribution in [0.5, 0.6) is 0 Å². The van der Waals surface area contributed by atoms with Gasteiger partial charge in [-0.15, -0.1) is 11.8 Å². The fourth-order valence-electron chi connectivity index (χ4n) is 2.10. The van der Waals surface area contributed by atoms with Gasteiger partial charge in [-0.25, -0.2) is 4.79 Å². The van der Waals surface area contributed by atoms with Crippen molar-refractivity contribution in [1.29, 1.82) is 0 Å². The first-order valence-electron chi connectivity index (χ1n) is 8.07. The molecule has 0 atom stereocenters. The summed E-state index contributed by atoms with van der Waals surface area (Å²) in [5.74, 6) is 0.321. The maximum Gasteiger partial charge on any atom is 0.330 e. The first-order valence-corrected chi connectivity index (χ1v) is 9.06. The third kappa shape index (κ3) is 7.27. The summed E-state index contributed by atoms with van der Waals surface area (Å²) in [4.78, 5) is 24.3. The van der Waals surface area contributed by atoms with E-state index in [1.165, 1.54) is 6.08 Å². The number of hydrogen-bond donors (Lipinski definition) is 1. The molecule has 4 nitrogen and oxygen atoms in total. The van der Waals surface area contributed by atoms with E-state index in [2.05, 4.69) is 5.32 Å². The second-order valence-corrected chi connectivity index (χ2v) is 6.29. The topological polar surface area (TPSA) is 55.4 Å². The monoisotopic (exact) mass is 355 g/mol. The Morgan fingerprint density at radius 3 is 2.48 bits per heavy atom. The number of carbonyl (C=O) groups excluding carboxylic acids is 2. The largest absolute Gasteiger partial charge is 0.463 e. The number of anilines is 1. The van der Waals surface area contributed by atoms with Crippen molar-refractivity contribution in [3.63, 3.8) is 0 Å². The molecule has 0 bridgehead atoms. The second kappa shape index (κ2) is 10.4. The molecule has 25 heavy (non-hydrogen) atoms. The summed E-state index contributed by atoms with van der Waals surface area (Å²) < 4.78 is 4.81. The molecule has 0 unspecified atom stereocenters. The molecule has 0 saturated carbocycles. The van der Waals surface area contributed by atoms with Crippen molar-refractivity contribution < 1.29 is 14.3 Å². The summed E-state index contributed by atoms with van der Waals surface area (Å²) in [5, 5.41) is 2.89. The van der Waals surface area contributed by atoms with Crippen LogP contribution in [0.1, 0.15) is 12.5 Å². The standard InChI is InChI=1S/C20H21NO3S/c1-2-24-20(23)9-6-14-25-18-12-10-17(11-13-18)21-19(22)15-16-7-4-3-5-8-16/h3-13H,2,14-15H2,1H3,(H,21,22)/b9-6+. The Hall–Kier alpha value is -2.53. The SMILES string of the molecule is CCOC(=O)/C=C/CSc1ccc(NC(=O)Cc2ccccc2)cc1. The minimum Gasteiger partial charge on any atom is -0.463 e. The predicted molar refractivity (Wildman–Crippen MR) is 102 cm³/mol. The molecule has 2 aromatic rings. The van der Waals surface area contributed by atoms with Gasteiger partial charge in [0.2, 0.25) is 5.91 Å². The Bertz CT molecular complexity index is 711. The average Bonchev–Trinajstić information content (AvgIpc) is 2.61. The summed E-state index contributed by atoms with van der Waals surface area (Å²) in [6.07, 6.45) is 3.57. The lowest BCUT2D eigenvalue weighted by Gasteiger charge is -2.06. The molecule has 5 heteroatoms. The molecule has 0 saturated heterocycles. The minimum absolute atomic E-state index is 0.0380. The quantitative estimate of drug-likeness (QED) is 0.440. The van der Waals surface area contributed by atoms with Gasteiger partial charge in [-0.1, -0.05) is 36.4 Å². The van der Waals surface area contributed by atoms with Crippen molar-refractivity contribution in [2.75, 3.05) is 17.7 Å². The maximum absolute atomic E-state index is 12.0. The fourth-order valence-corrected chi connectivity index (χ4v) is 2.81. The van der Waals surface area contributed by atoms with E-state index in [0.29, 0.717) is 18.8 Å². The summed E-state index contributed by atoms with van der Waals surface area (Å²) in [7, 11) is 0. The minimum atomic E-state index is -0.320. The van der Waals surface area contributed by atoms with Crippen LogP contribution in [-0.2, 0) is 20.7 Å². The zero-order valence-electron chi connectivity index (χ0n) is 14.1. The van der Waals surface area contributed by atoms with Gasteiger partial charge in [0.15, 0.2) is 0 Å². The van der Waals surface area contributed by atoms with Crippen molar-refractivity contribution in [3.8, 4) is 0 Å². The molecule has 0 aliphatic heterocycles. The molecule has 0 aliphatic carbocycles. The fraction of sp³-hybridized carbons (Fsp3) is 0.200. The number of thioether (sulfide) groups is 1. The van der Waals surface area contributed by atoms with Crippen LogP contribution in [0.4, 0.5) is 5.69 Å². The van der Waals surface area contributed by atoms with E-state index >= 15 is 0 Å². The average molecular weight is 355 g/mol. The molecule has 1 amide bonds. The van der Waals surface area contributed by atoms with Gasteiger partial charge in [-0.3, -0.25) is 4.79 Å². The molecule has 0 heterocycles. The van der Waals surface area contributed by atoms with E-state index in [-0.39, 0.29) is 11.9 Å². The molecular weight excluding hydrogens is 334 g/mol. The number of ether oxygens (including phenoxy) is 1. The molecule has 0 fully saturated rings. The van der Waals surface area contributed by atoms with E-state index < -0.39 is 0 Å². The second-order valence-electron chi connectivity index (χ2n) is 5.20. The number of esters is 1. The first-order chi connectivity index (χ1) is 12.2. The van der Waals surface area contributed by atoms with E-state index in [0.717, 1.165) is 16.1 Å². The first kappa shape index (κ1) is 18.8. The van der Waals surface area contributed by atoms with Gasteiger partial charge in [0.1, 0.15) is 0 Å². The molecule has 0 radical (unpaired) electrons. The van der Waals surface area contributed by atoms with Gasteiger partial charge in [-0.2, -0.15) is 0 Å². The van der Waals surface area contributed by atoms with Gasteiger partial charge in [-0.05, 0) is 36.8 Å². The molecule has 2 rings (SSSR count). The van der Waals surface area contributed by atoms with Gasteiger partial charge < -0.3 is 10.1 Å². The van der Waals surface area contributed by atoms with Crippen LogP contribution in [0.25, 0.3) is 0 Å². The van der Waals surface area contributed by atoms with Gasteiger partial charge in [0.05, 0.1) is 13.0 Å². The van der Waals surface area contributed by atoms with Crippen LogP contribution in [0, 0.1) is 0 Å². The van der Waals surface area contributed by atoms with Crippen LogP contribution in [0.3, 0.4) is 0 Å². The van der Waals surface area contributed by atoms with E-state index in [9.17, 15) is 9.59 Å². The highest BCUT2D eigenvalue weighted by molar-refractivity contribution is 7.99. The van der Waals surface area contributed by atoms with Crippen molar-refractivity contribution in [1.82, 2.24) is 0 Å². The Morgan fingerprint density at radius 1 is 1.08 bits per heavy atom. The Balaban J connectivity index is 1.77. The molecule has 1 N–H and O–H groups in total. The number of amides is 1. The molecule has 0 aliphatic rings. The zero-order chi connectivity index (χ0) is 17.9. The number of hydrogen-bond acceptors (Lipinski definition) is 4. The molecular formula is C20H21NO3S. The van der Waals surface area contributed by atoms with Gasteiger partial charge in [0, 0.05) is 22.4 Å². The van der Waals surface area contributed by atoms with Crippen molar-refractivity contribution in [2.45, 2.75) is 18.2 Å². The van der Waals surface area contributed by atoms with Crippen LogP contribution < -0.4 is 5.32 Å². The highest BCUT2D eigenvalue weighted by Crippen LogP contribution is 2.20. The highest BCUT2D eigenvalue weighted by atomic mass is 32.2. The summed E-state index contributed by atoms with van der Waals surface area (Å²) in [5.41, 5.74) is 1.76. The maximum atomic E-state index is 12.0. The third-order valence-electron chi connectivity index (χ3n) is 3.23. The lowest BCUT2D eigenvalue weighted by atomic mass is 10.1. The summed E-state index contributed by atoms with van der Waals surface area (Å²) in [6.45, 7) is 2.16. The molecule has 130 valence electrons. The highest BCUT2D eigenvalue weighted by Gasteiger charge is 2.04. The van der Waals surface area contributed by atoms with Crippen molar-refractivity contribution >= 4 is 29.3 Å². The number of benzene rings is 2. The number of carbonyl (C=O) groups is 2. The van der Waals surface area contributed by atoms with E-state index in [4.69, 9.17) is 4.74 Å². The Kier molecular flexibility index (Phi) is 7.79. The molecule has 0 aromatic heterocycles. The third-order valence-corrected chi connectivity index (χ3v) is 4.20. The van der Waals surface area contributed by atoms with Crippen LogP contribution >= 0.6 is 11.8 Å². The smallest absolute Gasteiger partial charge is 0.330 e. The number of rotatable bonds is 8. The van der Waals surface area contributed by atoms with Gasteiger partial charge in [0.25, 0.3) is 0 Å². The number of nitrogens with one attached hydrogen (secondary N) is 1. The molecule has 0 spiro atoms. The molecule has 2 aromatic carbocycles. The Labute approximate surface area is 152 Å². The van der Waals surface area contributed by atoms with E-state index in [1.54, 1.807) is 24.8 Å². The Morgan fingerprint density at radius 2 is 1.80 bits per heavy atom. The normalized spacial score (nSPS) is 10.6. The van der Waals surface area contributed by atoms with E-state index in [1.807, 2.05) is 54.6 Å². The van der Waals surface area contributed by atoms with Crippen LogP contribution in [0.2, 0.25) is 0 Å². The summed E-state index contributed by atoms with van der Waals surface area (Å²) >= 11 is 1.60. The zero-order valence-corrected chi connectivity index (χ0v) is 14.9. The lowest BCUT2D eigenvalue weighted by Crippen LogP contribution is -2.14. The van der Waals surface area contributed by atoms with Gasteiger partial charge >= 0.3 is 5.97 Å². The van der Waals surface area contributed by atoms with Crippen LogP contribution in [-0.4, -0.2) is 24.2 Å². The lowest BCUT2D eigenvalue weighted by molar-refractivity contribution is -0.137. The van der Waals surface area contributed by atoms with Crippen molar-refractivity contribution in [2.24, 2.45) is 0 Å². The summed E-state index contributed by atoms with van der Waals surface area (Å²) in [6, 6.07) is 17.3. The van der Waals surface area contributed by atoms with Crippen molar-refractivity contribution in [3.05, 3.63) is 72.3 Å².